The summed E-state index contributed by atoms with van der Waals surface area (Å²) in [4.78, 5) is 0. The number of rotatable bonds is 15. The van der Waals surface area contributed by atoms with Crippen LogP contribution in [0.3, 0.4) is 0 Å². The molecule has 4 rings (SSSR count). The van der Waals surface area contributed by atoms with Gasteiger partial charge in [0.15, 0.2) is 0 Å². The van der Waals surface area contributed by atoms with Crippen molar-refractivity contribution in [1.82, 2.24) is 0 Å². The first-order valence-corrected chi connectivity index (χ1v) is 16.4. The molecule has 0 bridgehead atoms. The van der Waals surface area contributed by atoms with E-state index < -0.39 is 10.2 Å². The van der Waals surface area contributed by atoms with Crippen molar-refractivity contribution in [2.75, 3.05) is 0 Å². The predicted octanol–water partition coefficient (Wildman–Crippen LogP) is 6.66. The number of halogens is 1. The highest BCUT2D eigenvalue weighted by atomic mass is 35.7. The van der Waals surface area contributed by atoms with Crippen LogP contribution in [0.15, 0.2) is 101 Å². The average Bonchev–Trinajstić information content (AvgIpc) is 3.00. The first kappa shape index (κ1) is 33.4. The maximum absolute atomic E-state index is 8.49. The van der Waals surface area contributed by atoms with Crippen molar-refractivity contribution in [3.05, 3.63) is 103 Å². The van der Waals surface area contributed by atoms with Gasteiger partial charge in [-0.05, 0) is 42.7 Å². The van der Waals surface area contributed by atoms with E-state index in [1.54, 1.807) is 0 Å². The molecule has 0 saturated carbocycles. The Morgan fingerprint density at radius 2 is 0.929 bits per heavy atom. The lowest BCUT2D eigenvalue weighted by atomic mass is 9.92. The molecule has 0 aliphatic rings. The highest BCUT2D eigenvalue weighted by Gasteiger charge is 2.27. The molecule has 0 spiro atoms. The number of hydrogen-bond acceptors (Lipinski definition) is 4. The van der Waals surface area contributed by atoms with E-state index in [9.17, 15) is 0 Å². The molecule has 0 saturated heterocycles. The van der Waals surface area contributed by atoms with E-state index in [4.69, 9.17) is 23.1 Å². The first-order valence-electron chi connectivity index (χ1n) is 15.1. The SMILES string of the molecule is CCCCCCCCCCCCCc1c(-c2ccccc2)cc(-c2ccccc2)[o+]c1-c1ccccc1.[O-][Cl+3]([O-])([O-])[O-]. The molecular weight excluding hydrogens is 548 g/mol. The smallest absolute Gasteiger partial charge is 0.222 e. The van der Waals surface area contributed by atoms with Crippen molar-refractivity contribution < 1.29 is 33.3 Å². The Balaban J connectivity index is 0.000000892. The molecule has 6 heteroatoms. The summed E-state index contributed by atoms with van der Waals surface area (Å²) >= 11 is 0. The zero-order valence-electron chi connectivity index (χ0n) is 24.6. The van der Waals surface area contributed by atoms with E-state index in [0.717, 1.165) is 29.1 Å². The van der Waals surface area contributed by atoms with Crippen LogP contribution in [-0.2, 0) is 6.42 Å². The minimum absolute atomic E-state index is 0.918. The monoisotopic (exact) mass is 590 g/mol. The summed E-state index contributed by atoms with van der Waals surface area (Å²) in [6, 6.07) is 34.2. The fourth-order valence-electron chi connectivity index (χ4n) is 5.20. The second kappa shape index (κ2) is 18.5. The Morgan fingerprint density at radius 3 is 1.40 bits per heavy atom. The maximum atomic E-state index is 8.49. The molecule has 5 nitrogen and oxygen atoms in total. The molecule has 0 fully saturated rings. The van der Waals surface area contributed by atoms with Gasteiger partial charge in [0.05, 0.1) is 22.8 Å². The fourth-order valence-corrected chi connectivity index (χ4v) is 5.20. The van der Waals surface area contributed by atoms with Gasteiger partial charge < -0.3 is 0 Å². The van der Waals surface area contributed by atoms with Crippen LogP contribution in [0.5, 0.6) is 0 Å². The normalized spacial score (nSPS) is 11.2. The van der Waals surface area contributed by atoms with Crippen molar-refractivity contribution in [2.45, 2.75) is 84.0 Å². The molecule has 3 aromatic carbocycles. The number of benzene rings is 3. The van der Waals surface area contributed by atoms with Crippen LogP contribution in [0, 0.1) is 10.2 Å². The maximum Gasteiger partial charge on any atom is 0.364 e. The third kappa shape index (κ3) is 12.4. The van der Waals surface area contributed by atoms with Crippen LogP contribution in [0.25, 0.3) is 33.8 Å². The van der Waals surface area contributed by atoms with Crippen LogP contribution in [0.1, 0.15) is 83.1 Å². The Morgan fingerprint density at radius 1 is 0.524 bits per heavy atom. The van der Waals surface area contributed by atoms with Gasteiger partial charge in [-0.15, -0.1) is 10.2 Å². The zero-order chi connectivity index (χ0) is 30.0. The molecule has 0 aliphatic heterocycles. The van der Waals surface area contributed by atoms with Gasteiger partial charge >= 0.3 is 11.5 Å². The van der Waals surface area contributed by atoms with E-state index in [1.807, 2.05) is 0 Å². The molecule has 1 aromatic heterocycles. The summed E-state index contributed by atoms with van der Waals surface area (Å²) in [7, 11) is -4.94. The lowest BCUT2D eigenvalue weighted by Crippen LogP contribution is -2.68. The van der Waals surface area contributed by atoms with Crippen LogP contribution < -0.4 is 18.6 Å². The van der Waals surface area contributed by atoms with Gasteiger partial charge in [0.25, 0.3) is 0 Å². The summed E-state index contributed by atoms with van der Waals surface area (Å²) in [5.74, 6) is 1.92. The summed E-state index contributed by atoms with van der Waals surface area (Å²) < 4.78 is 40.7. The summed E-state index contributed by atoms with van der Waals surface area (Å²) in [5, 5.41) is 0. The van der Waals surface area contributed by atoms with E-state index in [2.05, 4.69) is 104 Å². The Hall–Kier alpha value is -3.06. The third-order valence-electron chi connectivity index (χ3n) is 7.30. The van der Waals surface area contributed by atoms with E-state index in [0.29, 0.717) is 0 Å². The Labute approximate surface area is 253 Å². The average molecular weight is 591 g/mol. The minimum Gasteiger partial charge on any atom is -0.222 e. The molecule has 0 atom stereocenters. The van der Waals surface area contributed by atoms with E-state index in [-0.39, 0.29) is 0 Å². The first-order chi connectivity index (χ1) is 20.4. The summed E-state index contributed by atoms with van der Waals surface area (Å²) in [6.07, 6.45) is 16.0. The molecule has 0 aliphatic carbocycles. The van der Waals surface area contributed by atoms with Gasteiger partial charge in [-0.2, -0.15) is 0 Å². The second-order valence-corrected chi connectivity index (χ2v) is 11.3. The van der Waals surface area contributed by atoms with Crippen LogP contribution in [0.2, 0.25) is 0 Å². The van der Waals surface area contributed by atoms with Crippen LogP contribution in [0.4, 0.5) is 0 Å². The van der Waals surface area contributed by atoms with Crippen molar-refractivity contribution in [1.29, 1.82) is 0 Å². The van der Waals surface area contributed by atoms with Crippen molar-refractivity contribution in [3.8, 4) is 33.8 Å². The highest BCUT2D eigenvalue weighted by molar-refractivity contribution is 5.79. The quantitative estimate of drug-likeness (QED) is 0.114. The zero-order valence-corrected chi connectivity index (χ0v) is 25.4. The minimum atomic E-state index is -4.94. The van der Waals surface area contributed by atoms with Gasteiger partial charge in [-0.25, -0.2) is 23.1 Å². The fraction of sp³-hybridized carbons (Fsp3) is 0.361. The molecule has 0 radical (unpaired) electrons. The van der Waals surface area contributed by atoms with Gasteiger partial charge in [0.2, 0.25) is 0 Å². The van der Waals surface area contributed by atoms with Gasteiger partial charge in [-0.3, -0.25) is 0 Å². The molecule has 4 aromatic rings. The largest absolute Gasteiger partial charge is 0.364 e. The van der Waals surface area contributed by atoms with Gasteiger partial charge in [0.1, 0.15) is 0 Å². The Kier molecular flexibility index (Phi) is 14.7. The van der Waals surface area contributed by atoms with Crippen molar-refractivity contribution in [2.24, 2.45) is 0 Å². The van der Waals surface area contributed by atoms with Crippen LogP contribution in [-0.4, -0.2) is 0 Å². The molecule has 0 amide bonds. The molecular formula is C36H43ClO5. The van der Waals surface area contributed by atoms with Gasteiger partial charge in [-0.1, -0.05) is 138 Å². The summed E-state index contributed by atoms with van der Waals surface area (Å²) in [5.41, 5.74) is 6.13. The van der Waals surface area contributed by atoms with E-state index >= 15 is 0 Å². The van der Waals surface area contributed by atoms with Crippen LogP contribution >= 0.6 is 0 Å². The lowest BCUT2D eigenvalue weighted by molar-refractivity contribution is -2.00. The summed E-state index contributed by atoms with van der Waals surface area (Å²) in [6.45, 7) is 2.29. The second-order valence-electron chi connectivity index (χ2n) is 10.6. The van der Waals surface area contributed by atoms with Crippen molar-refractivity contribution >= 4 is 0 Å². The van der Waals surface area contributed by atoms with E-state index in [1.165, 1.54) is 87.3 Å². The molecule has 224 valence electrons. The predicted molar refractivity (Wildman–Crippen MR) is 160 cm³/mol. The molecule has 1 heterocycles. The number of hydrogen-bond donors (Lipinski definition) is 0. The van der Waals surface area contributed by atoms with Crippen molar-refractivity contribution in [3.63, 3.8) is 0 Å². The standard InChI is InChI=1S/C36H43O.ClHO4/c1-2-3-4-5-6-7-8-9-10-11-21-28-33-34(30-22-15-12-16-23-30)29-35(31-24-17-13-18-25-31)37-36(33)32-26-19-14-20-27-32;2-1(3,4)5/h12-20,22-27,29H,2-11,21,28H2,1H3;(H,2,3,4,5)/q+1;/p-1. The third-order valence-corrected chi connectivity index (χ3v) is 7.30. The molecule has 0 unspecified atom stereocenters. The molecule has 0 N–H and O–H groups in total. The Bertz CT molecular complexity index is 1210. The highest BCUT2D eigenvalue weighted by Crippen LogP contribution is 2.38. The topological polar surface area (TPSA) is 104 Å². The van der Waals surface area contributed by atoms with Gasteiger partial charge in [0, 0.05) is 5.56 Å². The lowest BCUT2D eigenvalue weighted by Gasteiger charge is -2.17. The molecule has 42 heavy (non-hydrogen) atoms. The number of unbranched alkanes of at least 4 members (excludes halogenated alkanes) is 10.